The van der Waals surface area contributed by atoms with Gasteiger partial charge in [0.2, 0.25) is 0 Å². The van der Waals surface area contributed by atoms with Crippen molar-refractivity contribution in [2.45, 2.75) is 25.3 Å². The van der Waals surface area contributed by atoms with E-state index < -0.39 is 0 Å². The number of benzene rings is 2. The van der Waals surface area contributed by atoms with Gasteiger partial charge in [-0.2, -0.15) is 0 Å². The summed E-state index contributed by atoms with van der Waals surface area (Å²) in [6, 6.07) is 11.9. The molecule has 1 amide bonds. The molecule has 4 heteroatoms. The number of nitrogens with zero attached hydrogens (tertiary/aromatic N) is 1. The highest BCUT2D eigenvalue weighted by Crippen LogP contribution is 2.27. The number of nitrogens with one attached hydrogen (secondary N) is 1. The maximum Gasteiger partial charge on any atom is 0.251 e. The van der Waals surface area contributed by atoms with Gasteiger partial charge in [0.1, 0.15) is 0 Å². The Morgan fingerprint density at radius 3 is 2.70 bits per heavy atom. The highest BCUT2D eigenvalue weighted by Gasteiger charge is 2.29. The van der Waals surface area contributed by atoms with E-state index in [0.717, 1.165) is 29.7 Å². The van der Waals surface area contributed by atoms with Gasteiger partial charge in [0.25, 0.3) is 5.91 Å². The maximum atomic E-state index is 12.6. The van der Waals surface area contributed by atoms with Crippen molar-refractivity contribution in [1.29, 1.82) is 0 Å². The Morgan fingerprint density at radius 1 is 1.09 bits per heavy atom. The van der Waals surface area contributed by atoms with Crippen LogP contribution in [0.1, 0.15) is 29.6 Å². The molecule has 3 saturated heterocycles. The fourth-order valence-corrected chi connectivity index (χ4v) is 4.11. The van der Waals surface area contributed by atoms with Crippen molar-refractivity contribution in [2.75, 3.05) is 19.6 Å². The molecule has 0 spiro atoms. The molecular weight excluding hydrogens is 308 g/mol. The molecule has 3 heterocycles. The van der Waals surface area contributed by atoms with Crippen molar-refractivity contribution in [3.05, 3.63) is 47.0 Å². The summed E-state index contributed by atoms with van der Waals surface area (Å²) in [7, 11) is 0. The number of amides is 1. The van der Waals surface area contributed by atoms with Crippen molar-refractivity contribution in [2.24, 2.45) is 5.92 Å². The molecule has 2 aromatic rings. The summed E-state index contributed by atoms with van der Waals surface area (Å²) in [4.78, 5) is 15.1. The molecule has 3 aliphatic heterocycles. The molecule has 1 atom stereocenters. The summed E-state index contributed by atoms with van der Waals surface area (Å²) in [5, 5.41) is 6.05. The number of rotatable bonds is 2. The molecule has 0 aromatic heterocycles. The van der Waals surface area contributed by atoms with Gasteiger partial charge in [-0.1, -0.05) is 23.7 Å². The molecule has 2 bridgehead atoms. The molecule has 3 aliphatic rings. The smallest absolute Gasteiger partial charge is 0.251 e. The highest BCUT2D eigenvalue weighted by atomic mass is 35.5. The van der Waals surface area contributed by atoms with Gasteiger partial charge in [0, 0.05) is 23.2 Å². The second-order valence-corrected chi connectivity index (χ2v) is 7.29. The number of hydrogen-bond donors (Lipinski definition) is 1. The molecule has 0 radical (unpaired) electrons. The van der Waals surface area contributed by atoms with Crippen molar-refractivity contribution >= 4 is 28.3 Å². The Labute approximate surface area is 141 Å². The Morgan fingerprint density at radius 2 is 1.87 bits per heavy atom. The zero-order valence-electron chi connectivity index (χ0n) is 13.1. The number of fused-ring (bicyclic) bond motifs is 5. The number of hydrogen-bond acceptors (Lipinski definition) is 2. The lowest BCUT2D eigenvalue weighted by molar-refractivity contribution is 0.0929. The number of halogens is 1. The van der Waals surface area contributed by atoms with Crippen LogP contribution in [0.25, 0.3) is 10.8 Å². The third-order valence-electron chi connectivity index (χ3n) is 5.20. The second-order valence-electron chi connectivity index (χ2n) is 6.86. The third-order valence-corrected chi connectivity index (χ3v) is 5.44. The van der Waals surface area contributed by atoms with Crippen LogP contribution in [-0.4, -0.2) is 36.5 Å². The molecule has 0 unspecified atom stereocenters. The first-order valence-corrected chi connectivity index (χ1v) is 8.78. The zero-order valence-corrected chi connectivity index (χ0v) is 13.9. The quantitative estimate of drug-likeness (QED) is 0.911. The zero-order chi connectivity index (χ0) is 15.8. The maximum absolute atomic E-state index is 12.6. The summed E-state index contributed by atoms with van der Waals surface area (Å²) < 4.78 is 0. The standard InChI is InChI=1S/C19H21ClN2O/c20-17-4-3-14-1-2-15(10-16(14)11-17)19(23)21-18-9-13-5-7-22(12-18)8-6-13/h1-4,10-11,13,18H,5-9,12H2,(H,21,23)/t18-/m1/s1. The summed E-state index contributed by atoms with van der Waals surface area (Å²) in [6.45, 7) is 3.36. The Balaban J connectivity index is 1.52. The van der Waals surface area contributed by atoms with Gasteiger partial charge in [-0.3, -0.25) is 4.79 Å². The molecule has 3 nitrogen and oxygen atoms in total. The fraction of sp³-hybridized carbons (Fsp3) is 0.421. The lowest BCUT2D eigenvalue weighted by Gasteiger charge is -2.26. The lowest BCUT2D eigenvalue weighted by atomic mass is 9.94. The van der Waals surface area contributed by atoms with Crippen molar-refractivity contribution in [3.63, 3.8) is 0 Å². The molecular formula is C19H21ClN2O. The van der Waals surface area contributed by atoms with Crippen LogP contribution in [0, 0.1) is 5.92 Å². The van der Waals surface area contributed by atoms with Gasteiger partial charge in [-0.15, -0.1) is 0 Å². The molecule has 2 aromatic carbocycles. The van der Waals surface area contributed by atoms with Crippen LogP contribution in [0.5, 0.6) is 0 Å². The van der Waals surface area contributed by atoms with Crippen LogP contribution < -0.4 is 5.32 Å². The summed E-state index contributed by atoms with van der Waals surface area (Å²) in [6.07, 6.45) is 3.67. The van der Waals surface area contributed by atoms with E-state index in [2.05, 4.69) is 10.2 Å². The van der Waals surface area contributed by atoms with Crippen LogP contribution in [0.3, 0.4) is 0 Å². The van der Waals surface area contributed by atoms with E-state index >= 15 is 0 Å². The van der Waals surface area contributed by atoms with Crippen molar-refractivity contribution < 1.29 is 4.79 Å². The number of carbonyl (C=O) groups excluding carboxylic acids is 1. The van der Waals surface area contributed by atoms with Crippen LogP contribution in [-0.2, 0) is 0 Å². The average Bonchev–Trinajstić information content (AvgIpc) is 2.86. The van der Waals surface area contributed by atoms with E-state index in [4.69, 9.17) is 11.6 Å². The van der Waals surface area contributed by atoms with E-state index in [9.17, 15) is 4.79 Å². The van der Waals surface area contributed by atoms with Crippen molar-refractivity contribution in [1.82, 2.24) is 10.2 Å². The van der Waals surface area contributed by atoms with E-state index in [1.54, 1.807) is 0 Å². The summed E-state index contributed by atoms with van der Waals surface area (Å²) in [5.41, 5.74) is 0.714. The molecule has 23 heavy (non-hydrogen) atoms. The minimum absolute atomic E-state index is 0.0272. The third kappa shape index (κ3) is 3.22. The lowest BCUT2D eigenvalue weighted by Crippen LogP contribution is -2.41. The largest absolute Gasteiger partial charge is 0.348 e. The first-order chi connectivity index (χ1) is 11.2. The first-order valence-electron chi connectivity index (χ1n) is 8.40. The molecule has 0 saturated carbocycles. The van der Waals surface area contributed by atoms with E-state index in [1.807, 2.05) is 36.4 Å². The molecule has 1 N–H and O–H groups in total. The van der Waals surface area contributed by atoms with Crippen LogP contribution in [0.4, 0.5) is 0 Å². The number of piperidine rings is 1. The first kappa shape index (κ1) is 15.0. The average molecular weight is 329 g/mol. The molecule has 0 aliphatic carbocycles. The predicted molar refractivity (Wildman–Crippen MR) is 94.0 cm³/mol. The summed E-state index contributed by atoms with van der Waals surface area (Å²) in [5.74, 6) is 0.800. The molecule has 120 valence electrons. The van der Waals surface area contributed by atoms with Crippen LogP contribution in [0.2, 0.25) is 5.02 Å². The highest BCUT2D eigenvalue weighted by molar-refractivity contribution is 6.31. The minimum Gasteiger partial charge on any atom is -0.348 e. The molecule has 3 fully saturated rings. The van der Waals surface area contributed by atoms with Gasteiger partial charge in [0.05, 0.1) is 0 Å². The monoisotopic (exact) mass is 328 g/mol. The topological polar surface area (TPSA) is 32.3 Å². The van der Waals surface area contributed by atoms with Crippen LogP contribution in [0.15, 0.2) is 36.4 Å². The fourth-order valence-electron chi connectivity index (χ4n) is 3.93. The normalized spacial score (nSPS) is 26.9. The van der Waals surface area contributed by atoms with Gasteiger partial charge in [-0.25, -0.2) is 0 Å². The summed E-state index contributed by atoms with van der Waals surface area (Å²) >= 11 is 6.06. The van der Waals surface area contributed by atoms with Gasteiger partial charge in [0.15, 0.2) is 0 Å². The molecule has 5 rings (SSSR count). The van der Waals surface area contributed by atoms with Gasteiger partial charge < -0.3 is 10.2 Å². The second kappa shape index (κ2) is 6.14. The SMILES string of the molecule is O=C(N[C@@H]1CC2CCN(CC2)C1)c1ccc2ccc(Cl)cc2c1. The van der Waals surface area contributed by atoms with Crippen LogP contribution >= 0.6 is 11.6 Å². The van der Waals surface area contributed by atoms with Crippen molar-refractivity contribution in [3.8, 4) is 0 Å². The Kier molecular flexibility index (Phi) is 4.00. The minimum atomic E-state index is 0.0272. The Hall–Kier alpha value is -1.58. The Bertz CT molecular complexity index is 723. The van der Waals surface area contributed by atoms with E-state index in [1.165, 1.54) is 25.9 Å². The predicted octanol–water partition coefficient (Wildman–Crippen LogP) is 3.71. The van der Waals surface area contributed by atoms with E-state index in [-0.39, 0.29) is 11.9 Å². The number of carbonyl (C=O) groups is 1. The van der Waals surface area contributed by atoms with Gasteiger partial charge in [-0.05, 0) is 73.3 Å². The van der Waals surface area contributed by atoms with Gasteiger partial charge >= 0.3 is 0 Å². The van der Waals surface area contributed by atoms with E-state index in [0.29, 0.717) is 10.6 Å².